The molecule has 13 heteroatoms. The SMILES string of the molecule is C[Si](C)(C)OC(=O)COCCOCCOCCOCCOCCOCCOCC(=O)O[Si](C)(C)C. The fourth-order valence-electron chi connectivity index (χ4n) is 2.27. The first-order valence-electron chi connectivity index (χ1n) is 12.0. The molecule has 0 aliphatic rings. The first-order chi connectivity index (χ1) is 16.5. The normalized spacial score (nSPS) is 12.1. The number of ether oxygens (including phenoxy) is 7. The van der Waals surface area contributed by atoms with E-state index in [0.29, 0.717) is 79.3 Å². The van der Waals surface area contributed by atoms with Crippen molar-refractivity contribution in [2.75, 3.05) is 92.5 Å². The summed E-state index contributed by atoms with van der Waals surface area (Å²) in [5, 5.41) is 0. The van der Waals surface area contributed by atoms with Crippen LogP contribution in [0.2, 0.25) is 39.3 Å². The van der Waals surface area contributed by atoms with Crippen molar-refractivity contribution in [1.29, 1.82) is 0 Å². The monoisotopic (exact) mass is 542 g/mol. The summed E-state index contributed by atoms with van der Waals surface area (Å²) in [5.74, 6) is -0.655. The van der Waals surface area contributed by atoms with E-state index in [-0.39, 0.29) is 25.2 Å². The second-order valence-electron chi connectivity index (χ2n) is 9.34. The van der Waals surface area contributed by atoms with Crippen LogP contribution < -0.4 is 0 Å². The zero-order chi connectivity index (χ0) is 26.4. The van der Waals surface area contributed by atoms with Crippen molar-refractivity contribution < 1.29 is 51.6 Å². The Labute approximate surface area is 212 Å². The highest BCUT2D eigenvalue weighted by Crippen LogP contribution is 2.03. The largest absolute Gasteiger partial charge is 0.518 e. The molecule has 0 aromatic heterocycles. The second-order valence-corrected chi connectivity index (χ2v) is 18.2. The third-order valence-electron chi connectivity index (χ3n) is 3.51. The Morgan fingerprint density at radius 3 is 0.800 bits per heavy atom. The standard InChI is InChI=1S/C22H46O11Si2/c1-34(2,3)32-21(23)19-30-17-15-28-13-11-26-9-7-25-8-10-27-12-14-29-16-18-31-20-22(24)33-35(4,5)6/h7-20H2,1-6H3. The molecular formula is C22H46O11Si2. The van der Waals surface area contributed by atoms with E-state index in [2.05, 4.69) is 0 Å². The Balaban J connectivity index is 3.20. The highest BCUT2D eigenvalue weighted by molar-refractivity contribution is 6.71. The molecule has 0 atom stereocenters. The van der Waals surface area contributed by atoms with E-state index in [1.807, 2.05) is 39.3 Å². The van der Waals surface area contributed by atoms with Crippen LogP contribution in [0.4, 0.5) is 0 Å². The van der Waals surface area contributed by atoms with Crippen molar-refractivity contribution >= 4 is 28.6 Å². The second kappa shape index (κ2) is 21.2. The first kappa shape index (κ1) is 34.1. The molecule has 0 bridgehead atoms. The maximum atomic E-state index is 11.5. The molecule has 0 rings (SSSR count). The van der Waals surface area contributed by atoms with E-state index >= 15 is 0 Å². The Bertz CT molecular complexity index is 490. The molecule has 0 radical (unpaired) electrons. The van der Waals surface area contributed by atoms with Crippen LogP contribution in [-0.4, -0.2) is 121 Å². The van der Waals surface area contributed by atoms with Gasteiger partial charge < -0.3 is 42.0 Å². The molecule has 0 unspecified atom stereocenters. The average Bonchev–Trinajstić information content (AvgIpc) is 2.72. The predicted octanol–water partition coefficient (Wildman–Crippen LogP) is 1.86. The molecule has 0 fully saturated rings. The number of hydrogen-bond acceptors (Lipinski definition) is 11. The molecule has 208 valence electrons. The minimum Gasteiger partial charge on any atom is -0.518 e. The van der Waals surface area contributed by atoms with Crippen LogP contribution in [0, 0.1) is 0 Å². The van der Waals surface area contributed by atoms with E-state index in [0.717, 1.165) is 0 Å². The Morgan fingerprint density at radius 2 is 0.600 bits per heavy atom. The van der Waals surface area contributed by atoms with Gasteiger partial charge in [-0.25, -0.2) is 0 Å². The molecule has 11 nitrogen and oxygen atoms in total. The summed E-state index contributed by atoms with van der Waals surface area (Å²) in [7, 11) is -3.72. The van der Waals surface area contributed by atoms with E-state index in [4.69, 9.17) is 42.0 Å². The van der Waals surface area contributed by atoms with Crippen molar-refractivity contribution in [3.63, 3.8) is 0 Å². The van der Waals surface area contributed by atoms with Crippen LogP contribution in [-0.2, 0) is 51.6 Å². The van der Waals surface area contributed by atoms with E-state index in [1.54, 1.807) is 0 Å². The molecular weight excluding hydrogens is 496 g/mol. The van der Waals surface area contributed by atoms with Gasteiger partial charge in [-0.1, -0.05) is 0 Å². The lowest BCUT2D eigenvalue weighted by molar-refractivity contribution is -0.141. The van der Waals surface area contributed by atoms with Crippen molar-refractivity contribution in [2.45, 2.75) is 39.3 Å². The number of rotatable bonds is 24. The molecule has 0 saturated carbocycles. The quantitative estimate of drug-likeness (QED) is 0.131. The smallest absolute Gasteiger partial charge is 0.318 e. The van der Waals surface area contributed by atoms with Gasteiger partial charge in [0.1, 0.15) is 13.2 Å². The Kier molecular flexibility index (Phi) is 20.7. The van der Waals surface area contributed by atoms with Crippen LogP contribution in [0.25, 0.3) is 0 Å². The van der Waals surface area contributed by atoms with Gasteiger partial charge in [-0.05, 0) is 39.3 Å². The molecule has 0 N–H and O–H groups in total. The van der Waals surface area contributed by atoms with Gasteiger partial charge in [0.2, 0.25) is 16.6 Å². The molecule has 0 aromatic rings. The lowest BCUT2D eigenvalue weighted by atomic mass is 10.6. The van der Waals surface area contributed by atoms with Gasteiger partial charge in [-0.15, -0.1) is 0 Å². The average molecular weight is 543 g/mol. The van der Waals surface area contributed by atoms with E-state index in [9.17, 15) is 9.59 Å². The molecule has 35 heavy (non-hydrogen) atoms. The lowest BCUT2D eigenvalue weighted by Crippen LogP contribution is -2.31. The van der Waals surface area contributed by atoms with Crippen LogP contribution >= 0.6 is 0 Å². The van der Waals surface area contributed by atoms with Crippen molar-refractivity contribution in [1.82, 2.24) is 0 Å². The van der Waals surface area contributed by atoms with Gasteiger partial charge in [-0.2, -0.15) is 0 Å². The third-order valence-corrected chi connectivity index (χ3v) is 5.19. The summed E-state index contributed by atoms with van der Waals surface area (Å²) in [4.78, 5) is 23.0. The maximum Gasteiger partial charge on any atom is 0.318 e. The molecule has 0 aliphatic heterocycles. The number of carbonyl (C=O) groups is 2. The molecule has 0 saturated heterocycles. The van der Waals surface area contributed by atoms with Crippen LogP contribution in [0.5, 0.6) is 0 Å². The highest BCUT2D eigenvalue weighted by Gasteiger charge is 2.20. The summed E-state index contributed by atoms with van der Waals surface area (Å²) in [6.45, 7) is 16.7. The van der Waals surface area contributed by atoms with Crippen molar-refractivity contribution in [2.24, 2.45) is 0 Å². The Morgan fingerprint density at radius 1 is 0.400 bits per heavy atom. The highest BCUT2D eigenvalue weighted by atomic mass is 28.4. The van der Waals surface area contributed by atoms with Gasteiger partial charge in [0.25, 0.3) is 0 Å². The number of carbonyl (C=O) groups excluding carboxylic acids is 2. The molecule has 0 aromatic carbocycles. The summed E-state index contributed by atoms with van der Waals surface area (Å²) in [5.41, 5.74) is 0. The minimum absolute atomic E-state index is 0.0501. The Hall–Kier alpha value is -0.906. The number of hydrogen-bond donors (Lipinski definition) is 0. The van der Waals surface area contributed by atoms with Crippen LogP contribution in [0.3, 0.4) is 0 Å². The summed E-state index contributed by atoms with van der Waals surface area (Å²) in [6, 6.07) is 0. The third kappa shape index (κ3) is 29.2. The zero-order valence-electron chi connectivity index (χ0n) is 22.4. The van der Waals surface area contributed by atoms with E-state index < -0.39 is 16.6 Å². The molecule has 0 amide bonds. The van der Waals surface area contributed by atoms with Gasteiger partial charge >= 0.3 is 11.9 Å². The fourth-order valence-corrected chi connectivity index (χ4v) is 3.75. The van der Waals surface area contributed by atoms with E-state index in [1.165, 1.54) is 0 Å². The fraction of sp³-hybridized carbons (Fsp3) is 0.909. The topological polar surface area (TPSA) is 117 Å². The maximum absolute atomic E-state index is 11.5. The first-order valence-corrected chi connectivity index (χ1v) is 18.8. The summed E-state index contributed by atoms with van der Waals surface area (Å²) >= 11 is 0. The summed E-state index contributed by atoms with van der Waals surface area (Å²) < 4.78 is 47.9. The lowest BCUT2D eigenvalue weighted by Gasteiger charge is -2.17. The predicted molar refractivity (Wildman–Crippen MR) is 135 cm³/mol. The van der Waals surface area contributed by atoms with Crippen molar-refractivity contribution in [3.8, 4) is 0 Å². The van der Waals surface area contributed by atoms with Gasteiger partial charge in [0.15, 0.2) is 0 Å². The van der Waals surface area contributed by atoms with Crippen LogP contribution in [0.1, 0.15) is 0 Å². The van der Waals surface area contributed by atoms with Crippen LogP contribution in [0.15, 0.2) is 0 Å². The summed E-state index contributed by atoms with van der Waals surface area (Å²) in [6.07, 6.45) is 0. The van der Waals surface area contributed by atoms with Gasteiger partial charge in [0, 0.05) is 0 Å². The van der Waals surface area contributed by atoms with Gasteiger partial charge in [-0.3, -0.25) is 9.59 Å². The van der Waals surface area contributed by atoms with Gasteiger partial charge in [0.05, 0.1) is 79.3 Å². The molecule has 0 spiro atoms. The molecule has 0 aliphatic carbocycles. The minimum atomic E-state index is -1.86. The van der Waals surface area contributed by atoms with Crippen molar-refractivity contribution in [3.05, 3.63) is 0 Å². The molecule has 0 heterocycles. The zero-order valence-corrected chi connectivity index (χ0v) is 24.4.